The Morgan fingerprint density at radius 1 is 1.07 bits per heavy atom. The second kappa shape index (κ2) is 9.02. The molecule has 9 heteroatoms. The number of carbonyl (C=O) groups is 4. The highest BCUT2D eigenvalue weighted by atomic mass is 16.6. The van der Waals surface area contributed by atoms with E-state index in [1.54, 1.807) is 36.6 Å². The van der Waals surface area contributed by atoms with Gasteiger partial charge < -0.3 is 23.7 Å². The average Bonchev–Trinajstić information content (AvgIpc) is 3.72. The van der Waals surface area contributed by atoms with Gasteiger partial charge in [-0.15, -0.1) is 0 Å². The van der Waals surface area contributed by atoms with E-state index in [-0.39, 0.29) is 35.8 Å². The van der Waals surface area contributed by atoms with Crippen LogP contribution in [0.25, 0.3) is 11.3 Å². The van der Waals surface area contributed by atoms with Gasteiger partial charge in [0.15, 0.2) is 5.78 Å². The Labute approximate surface area is 248 Å². The largest absolute Gasteiger partial charge is 0.478 e. The molecule has 9 nitrogen and oxygen atoms in total. The van der Waals surface area contributed by atoms with E-state index in [1.165, 1.54) is 13.2 Å². The van der Waals surface area contributed by atoms with Crippen LogP contribution in [0.15, 0.2) is 64.3 Å². The molecule has 0 spiro atoms. The summed E-state index contributed by atoms with van der Waals surface area (Å²) >= 11 is 0. The molecule has 3 heterocycles. The van der Waals surface area contributed by atoms with Crippen LogP contribution in [-0.4, -0.2) is 54.2 Å². The van der Waals surface area contributed by atoms with E-state index in [4.69, 9.17) is 18.6 Å². The SMILES string of the molecule is COC(=O)C[C@H]1[C@]2(C)C3=C(C)[C@H](c4ccoc4-c4ccc(C(=O)O)cc4)C[C@H]3O[C@@H]2[C@@H]2OC(=O)[C@]3(C)C=CC(=O)[C@@]1(C)[C@@H]23. The zero-order valence-electron chi connectivity index (χ0n) is 24.7. The quantitative estimate of drug-likeness (QED) is 0.375. The van der Waals surface area contributed by atoms with Crippen molar-refractivity contribution in [2.45, 2.75) is 64.8 Å². The number of ketones is 1. The molecule has 7 rings (SSSR count). The first-order valence-electron chi connectivity index (χ1n) is 14.7. The van der Waals surface area contributed by atoms with Crippen LogP contribution in [0.1, 0.15) is 62.4 Å². The number of allylic oxidation sites excluding steroid dienone is 2. The Hall–Kier alpha value is -3.98. The molecule has 0 unspecified atom stereocenters. The molecule has 3 fully saturated rings. The average molecular weight is 587 g/mol. The molecule has 224 valence electrons. The summed E-state index contributed by atoms with van der Waals surface area (Å²) in [5, 5.41) is 9.32. The fraction of sp³-hybridized carbons (Fsp3) is 0.471. The minimum atomic E-state index is -1.07. The lowest BCUT2D eigenvalue weighted by atomic mass is 9.42. The maximum absolute atomic E-state index is 13.9. The third-order valence-electron chi connectivity index (χ3n) is 11.4. The summed E-state index contributed by atoms with van der Waals surface area (Å²) in [6.07, 6.45) is 3.92. The minimum absolute atomic E-state index is 0.00250. The monoisotopic (exact) mass is 586 g/mol. The van der Waals surface area contributed by atoms with Crippen LogP contribution >= 0.6 is 0 Å². The van der Waals surface area contributed by atoms with E-state index in [1.807, 2.05) is 19.9 Å². The van der Waals surface area contributed by atoms with Gasteiger partial charge in [0.2, 0.25) is 0 Å². The van der Waals surface area contributed by atoms with Crippen molar-refractivity contribution in [3.8, 4) is 11.3 Å². The summed E-state index contributed by atoms with van der Waals surface area (Å²) in [5.74, 6) is -2.33. The van der Waals surface area contributed by atoms with Crippen molar-refractivity contribution in [1.29, 1.82) is 0 Å². The number of carbonyl (C=O) groups excluding carboxylic acids is 3. The van der Waals surface area contributed by atoms with E-state index in [2.05, 4.69) is 13.8 Å². The number of methoxy groups -OCH3 is 1. The topological polar surface area (TPSA) is 129 Å². The van der Waals surface area contributed by atoms with Crippen LogP contribution in [0.3, 0.4) is 0 Å². The zero-order chi connectivity index (χ0) is 30.6. The van der Waals surface area contributed by atoms with Crippen molar-refractivity contribution in [3.63, 3.8) is 0 Å². The van der Waals surface area contributed by atoms with Gasteiger partial charge in [-0.2, -0.15) is 0 Å². The number of esters is 2. The van der Waals surface area contributed by atoms with Gasteiger partial charge in [0.05, 0.1) is 36.9 Å². The highest BCUT2D eigenvalue weighted by molar-refractivity contribution is 6.00. The number of carboxylic acids is 1. The van der Waals surface area contributed by atoms with Crippen molar-refractivity contribution >= 4 is 23.7 Å². The fourth-order valence-electron chi connectivity index (χ4n) is 9.50. The van der Waals surface area contributed by atoms with E-state index in [0.29, 0.717) is 12.2 Å². The summed E-state index contributed by atoms with van der Waals surface area (Å²) in [6.45, 7) is 7.83. The Balaban J connectivity index is 1.36. The number of carboxylic acid groups (broad SMARTS) is 1. The summed E-state index contributed by atoms with van der Waals surface area (Å²) < 4.78 is 24.0. The molecule has 0 bridgehead atoms. The van der Waals surface area contributed by atoms with Gasteiger partial charge in [-0.3, -0.25) is 14.4 Å². The molecule has 0 amide bonds. The highest BCUT2D eigenvalue weighted by Gasteiger charge is 2.77. The Morgan fingerprint density at radius 2 is 1.79 bits per heavy atom. The van der Waals surface area contributed by atoms with Crippen molar-refractivity contribution in [1.82, 2.24) is 0 Å². The number of ether oxygens (including phenoxy) is 3. The number of hydrogen-bond acceptors (Lipinski definition) is 8. The molecule has 1 saturated carbocycles. The fourth-order valence-corrected chi connectivity index (χ4v) is 9.50. The van der Waals surface area contributed by atoms with Crippen LogP contribution in [0, 0.1) is 28.1 Å². The van der Waals surface area contributed by atoms with Gasteiger partial charge >= 0.3 is 17.9 Å². The predicted octanol–water partition coefficient (Wildman–Crippen LogP) is 5.11. The van der Waals surface area contributed by atoms with Gasteiger partial charge in [-0.05, 0) is 56.0 Å². The molecule has 43 heavy (non-hydrogen) atoms. The molecule has 1 aromatic carbocycles. The lowest BCUT2D eigenvalue weighted by Crippen LogP contribution is -2.66. The number of furan rings is 1. The molecule has 2 saturated heterocycles. The molecular formula is C34H34O9. The van der Waals surface area contributed by atoms with E-state index < -0.39 is 52.2 Å². The number of benzene rings is 1. The van der Waals surface area contributed by atoms with Gasteiger partial charge in [-0.1, -0.05) is 37.6 Å². The van der Waals surface area contributed by atoms with Gasteiger partial charge in [0, 0.05) is 33.8 Å². The van der Waals surface area contributed by atoms with Crippen molar-refractivity contribution < 1.29 is 42.9 Å². The van der Waals surface area contributed by atoms with E-state index in [9.17, 15) is 24.3 Å². The maximum Gasteiger partial charge on any atom is 0.335 e. The summed E-state index contributed by atoms with van der Waals surface area (Å²) in [7, 11) is 1.35. The molecule has 1 N–H and O–H groups in total. The maximum atomic E-state index is 13.9. The first-order chi connectivity index (χ1) is 20.4. The van der Waals surface area contributed by atoms with E-state index in [0.717, 1.165) is 22.3 Å². The third-order valence-corrected chi connectivity index (χ3v) is 11.4. The van der Waals surface area contributed by atoms with Gasteiger partial charge in [-0.25, -0.2) is 4.79 Å². The second-order valence-corrected chi connectivity index (χ2v) is 13.2. The summed E-state index contributed by atoms with van der Waals surface area (Å²) in [6, 6.07) is 8.51. The van der Waals surface area contributed by atoms with Gasteiger partial charge in [0.25, 0.3) is 0 Å². The van der Waals surface area contributed by atoms with Crippen LogP contribution in [-0.2, 0) is 28.6 Å². The number of rotatable bonds is 5. The Kier molecular flexibility index (Phi) is 5.84. The summed E-state index contributed by atoms with van der Waals surface area (Å²) in [5.41, 5.74) is 1.14. The minimum Gasteiger partial charge on any atom is -0.478 e. The highest BCUT2D eigenvalue weighted by Crippen LogP contribution is 2.72. The molecule has 3 aliphatic carbocycles. The molecule has 0 radical (unpaired) electrons. The normalized spacial score (nSPS) is 38.9. The molecule has 2 aromatic rings. The predicted molar refractivity (Wildman–Crippen MR) is 152 cm³/mol. The zero-order valence-corrected chi connectivity index (χ0v) is 24.7. The van der Waals surface area contributed by atoms with Gasteiger partial charge in [0.1, 0.15) is 18.0 Å². The Morgan fingerprint density at radius 3 is 2.47 bits per heavy atom. The lowest BCUT2D eigenvalue weighted by Gasteiger charge is -2.59. The first-order valence-corrected chi connectivity index (χ1v) is 14.7. The molecular weight excluding hydrogens is 552 g/mol. The van der Waals surface area contributed by atoms with E-state index >= 15 is 0 Å². The van der Waals surface area contributed by atoms with Crippen molar-refractivity contribution in [2.24, 2.45) is 28.1 Å². The van der Waals surface area contributed by atoms with Crippen LogP contribution < -0.4 is 0 Å². The second-order valence-electron chi connectivity index (χ2n) is 13.2. The number of hydrogen-bond donors (Lipinski definition) is 1. The standard InChI is InChI=1S/C34H34O9/c1-16-20(19-11-13-41-26(19)17-6-8-18(9-7-17)30(37)38)14-21-25(16)34(4)22(15-24(36)40-5)33(3)23(35)10-12-32(2)28(33)27(29(34)42-21)43-31(32)39/h6-13,20-22,27-29H,14-15H2,1-5H3,(H,37,38)/t20-,21-,22-,27-,28+,29-,32-,33+,34-/m1/s1. The smallest absolute Gasteiger partial charge is 0.335 e. The molecule has 1 aromatic heterocycles. The number of fused-ring (bicyclic) bond motifs is 4. The first kappa shape index (κ1) is 27.8. The summed E-state index contributed by atoms with van der Waals surface area (Å²) in [4.78, 5) is 51.6. The van der Waals surface area contributed by atoms with Crippen molar-refractivity contribution in [2.75, 3.05) is 7.11 Å². The van der Waals surface area contributed by atoms with Crippen LogP contribution in [0.4, 0.5) is 0 Å². The molecule has 5 aliphatic rings. The third kappa shape index (κ3) is 3.42. The molecule has 9 atom stereocenters. The number of aromatic carboxylic acids is 1. The Bertz CT molecular complexity index is 1650. The van der Waals surface area contributed by atoms with Crippen LogP contribution in [0.5, 0.6) is 0 Å². The van der Waals surface area contributed by atoms with Crippen LogP contribution in [0.2, 0.25) is 0 Å². The lowest BCUT2D eigenvalue weighted by molar-refractivity contribution is -0.190. The molecule has 2 aliphatic heterocycles. The van der Waals surface area contributed by atoms with Crippen molar-refractivity contribution in [3.05, 3.63) is 71.0 Å².